The summed E-state index contributed by atoms with van der Waals surface area (Å²) in [5.74, 6) is -3.07. The van der Waals surface area contributed by atoms with E-state index in [-0.39, 0.29) is 17.1 Å². The molecule has 2 aromatic carbocycles. The quantitative estimate of drug-likeness (QED) is 0.207. The maximum atomic E-state index is 13.4. The Labute approximate surface area is 249 Å². The number of aliphatic hydroxyl groups excluding tert-OH is 3. The largest absolute Gasteiger partial charge is 0.508 e. The van der Waals surface area contributed by atoms with Gasteiger partial charge in [0.15, 0.2) is 6.10 Å². The zero-order chi connectivity index (χ0) is 31.3. The smallest absolute Gasteiger partial charge is 0.335 e. The molecule has 2 aliphatic heterocycles. The fourth-order valence-electron chi connectivity index (χ4n) is 5.85. The number of piperidine rings is 1. The lowest BCUT2D eigenvalue weighted by atomic mass is 9.68. The van der Waals surface area contributed by atoms with E-state index in [1.165, 1.54) is 0 Å². The first-order chi connectivity index (χ1) is 20.4. The fourth-order valence-corrected chi connectivity index (χ4v) is 5.85. The van der Waals surface area contributed by atoms with Crippen LogP contribution in [0.25, 0.3) is 0 Å². The molecule has 234 valence electrons. The highest BCUT2D eigenvalue weighted by atomic mass is 16.7. The highest BCUT2D eigenvalue weighted by Gasteiger charge is 2.48. The number of carbonyl (C=O) groups excluding carboxylic acids is 2. The number of carboxylic acid groups (broad SMARTS) is 1. The van der Waals surface area contributed by atoms with Crippen molar-refractivity contribution in [2.24, 2.45) is 11.8 Å². The van der Waals surface area contributed by atoms with Crippen LogP contribution in [-0.2, 0) is 35.7 Å². The number of phenolic OH excluding ortho intramolecular Hbond substituents is 1. The van der Waals surface area contributed by atoms with Gasteiger partial charge in [-0.3, -0.25) is 9.59 Å². The van der Waals surface area contributed by atoms with E-state index in [0.717, 1.165) is 30.6 Å². The van der Waals surface area contributed by atoms with Gasteiger partial charge in [0.1, 0.15) is 30.6 Å². The van der Waals surface area contributed by atoms with E-state index in [1.54, 1.807) is 12.1 Å². The summed E-state index contributed by atoms with van der Waals surface area (Å²) in [6.07, 6.45) is -8.24. The molecule has 12 heteroatoms. The van der Waals surface area contributed by atoms with Crippen LogP contribution in [0, 0.1) is 11.8 Å². The van der Waals surface area contributed by atoms with Gasteiger partial charge >= 0.3 is 11.9 Å². The topological polar surface area (TPSA) is 186 Å². The van der Waals surface area contributed by atoms with Gasteiger partial charge in [0.2, 0.25) is 12.2 Å². The average molecular weight is 601 g/mol. The Balaban J connectivity index is 1.38. The van der Waals surface area contributed by atoms with E-state index in [1.807, 2.05) is 42.5 Å². The predicted molar refractivity (Wildman–Crippen MR) is 153 cm³/mol. The van der Waals surface area contributed by atoms with Crippen molar-refractivity contribution in [2.75, 3.05) is 26.2 Å². The average Bonchev–Trinajstić information content (AvgIpc) is 2.98. The number of phenols is 1. The molecule has 0 aromatic heterocycles. The van der Waals surface area contributed by atoms with Crippen LogP contribution in [-0.4, -0.2) is 105 Å². The van der Waals surface area contributed by atoms with Crippen LogP contribution in [0.4, 0.5) is 0 Å². The van der Waals surface area contributed by atoms with E-state index in [2.05, 4.69) is 24.1 Å². The monoisotopic (exact) mass is 600 g/mol. The number of likely N-dealkylation sites (tertiary alicyclic amines) is 1. The van der Waals surface area contributed by atoms with Crippen LogP contribution in [0.2, 0.25) is 0 Å². The number of carbonyl (C=O) groups is 3. The van der Waals surface area contributed by atoms with Crippen LogP contribution in [0.15, 0.2) is 54.6 Å². The zero-order valence-electron chi connectivity index (χ0n) is 24.2. The Kier molecular flexibility index (Phi) is 10.4. The number of carboxylic acids is 1. The summed E-state index contributed by atoms with van der Waals surface area (Å²) in [5, 5.41) is 51.6. The van der Waals surface area contributed by atoms with Crippen LogP contribution in [0.1, 0.15) is 31.4 Å². The molecule has 1 amide bonds. The second-order valence-electron chi connectivity index (χ2n) is 11.7. The normalized spacial score (nSPS) is 30.3. The van der Waals surface area contributed by atoms with Crippen molar-refractivity contribution in [1.82, 2.24) is 10.2 Å². The molecular weight excluding hydrogens is 560 g/mol. The van der Waals surface area contributed by atoms with Gasteiger partial charge < -0.3 is 45.2 Å². The molecule has 0 aliphatic carbocycles. The lowest BCUT2D eigenvalue weighted by Gasteiger charge is -2.45. The zero-order valence-corrected chi connectivity index (χ0v) is 24.2. The molecule has 0 radical (unpaired) electrons. The first-order valence-electron chi connectivity index (χ1n) is 14.3. The number of benzene rings is 2. The third-order valence-corrected chi connectivity index (χ3v) is 8.71. The van der Waals surface area contributed by atoms with Crippen LogP contribution in [0.3, 0.4) is 0 Å². The minimum atomic E-state index is -1.92. The van der Waals surface area contributed by atoms with Crippen molar-refractivity contribution in [1.29, 1.82) is 0 Å². The third-order valence-electron chi connectivity index (χ3n) is 8.71. The third kappa shape index (κ3) is 7.70. The molecule has 43 heavy (non-hydrogen) atoms. The molecule has 0 spiro atoms. The Morgan fingerprint density at radius 3 is 2.44 bits per heavy atom. The fraction of sp³-hybridized carbons (Fsp3) is 0.516. The van der Waals surface area contributed by atoms with Crippen molar-refractivity contribution in [3.63, 3.8) is 0 Å². The molecule has 6 N–H and O–H groups in total. The van der Waals surface area contributed by atoms with Gasteiger partial charge in [-0.2, -0.15) is 0 Å². The molecule has 3 unspecified atom stereocenters. The second-order valence-corrected chi connectivity index (χ2v) is 11.7. The second kappa shape index (κ2) is 13.8. The van der Waals surface area contributed by atoms with Gasteiger partial charge in [-0.05, 0) is 54.0 Å². The number of nitrogens with one attached hydrogen (secondary N) is 1. The maximum absolute atomic E-state index is 13.4. The minimum Gasteiger partial charge on any atom is -0.508 e. The molecule has 2 aromatic rings. The standard InChI is InChI=1S/C31H40N2O10/c1-18-16-33(12-11-31(18,2)21-9-6-10-22(34)14-21)17-20(13-19-7-4-3-5-8-19)28(39)32-15-23(35)42-30-26(38)24(36)25(37)27(43-30)29(40)41/h3-10,14,18,20,24-27,30,34,36-38H,11-13,15-17H2,1-2H3,(H,32,39)(H,40,41)/t18-,20-,24?,25-,26?,27?,30+,31+/m0/s1. The summed E-state index contributed by atoms with van der Waals surface area (Å²) in [7, 11) is 0. The van der Waals surface area contributed by atoms with Crippen LogP contribution in [0.5, 0.6) is 5.75 Å². The molecule has 4 rings (SSSR count). The highest BCUT2D eigenvalue weighted by molar-refractivity contribution is 5.84. The first kappa shape index (κ1) is 32.4. The van der Waals surface area contributed by atoms with Gasteiger partial charge in [-0.15, -0.1) is 0 Å². The lowest BCUT2D eigenvalue weighted by molar-refractivity contribution is -0.286. The molecule has 2 saturated heterocycles. The van der Waals surface area contributed by atoms with Gasteiger partial charge in [-0.1, -0.05) is 56.3 Å². The van der Waals surface area contributed by atoms with Crippen molar-refractivity contribution in [3.8, 4) is 5.75 Å². The number of aromatic hydroxyl groups is 1. The van der Waals surface area contributed by atoms with E-state index in [0.29, 0.717) is 13.0 Å². The molecule has 2 aliphatic rings. The van der Waals surface area contributed by atoms with E-state index in [9.17, 15) is 39.9 Å². The number of esters is 1. The van der Waals surface area contributed by atoms with Gasteiger partial charge in [-0.25, -0.2) is 4.79 Å². The molecule has 2 fully saturated rings. The summed E-state index contributed by atoms with van der Waals surface area (Å²) in [6.45, 7) is 5.65. The maximum Gasteiger partial charge on any atom is 0.335 e. The van der Waals surface area contributed by atoms with Crippen LogP contribution >= 0.6 is 0 Å². The number of amides is 1. The van der Waals surface area contributed by atoms with Crippen molar-refractivity contribution in [3.05, 3.63) is 65.7 Å². The minimum absolute atomic E-state index is 0.148. The van der Waals surface area contributed by atoms with Gasteiger partial charge in [0.05, 0.1) is 5.92 Å². The molecule has 0 bridgehead atoms. The summed E-state index contributed by atoms with van der Waals surface area (Å²) in [5.41, 5.74) is 1.87. The number of rotatable bonds is 10. The molecule has 2 heterocycles. The van der Waals surface area contributed by atoms with Crippen molar-refractivity contribution in [2.45, 2.75) is 62.8 Å². The summed E-state index contributed by atoms with van der Waals surface area (Å²) in [6, 6.07) is 16.8. The van der Waals surface area contributed by atoms with Crippen molar-refractivity contribution >= 4 is 17.8 Å². The Bertz CT molecular complexity index is 1280. The van der Waals surface area contributed by atoms with E-state index in [4.69, 9.17) is 9.47 Å². The molecule has 12 nitrogen and oxygen atoms in total. The van der Waals surface area contributed by atoms with E-state index >= 15 is 0 Å². The lowest BCUT2D eigenvalue weighted by Crippen LogP contribution is -2.60. The summed E-state index contributed by atoms with van der Waals surface area (Å²) >= 11 is 0. The van der Waals surface area contributed by atoms with Crippen molar-refractivity contribution < 1.29 is 49.4 Å². The molecule has 8 atom stereocenters. The Morgan fingerprint density at radius 2 is 1.79 bits per heavy atom. The highest BCUT2D eigenvalue weighted by Crippen LogP contribution is 2.40. The summed E-state index contributed by atoms with van der Waals surface area (Å²) < 4.78 is 9.98. The number of aliphatic hydroxyl groups is 3. The number of nitrogens with zero attached hydrogens (tertiary/aromatic N) is 1. The number of hydrogen-bond acceptors (Lipinski definition) is 10. The van der Waals surface area contributed by atoms with Crippen LogP contribution < -0.4 is 5.32 Å². The van der Waals surface area contributed by atoms with Gasteiger partial charge in [0, 0.05) is 13.1 Å². The Hall–Kier alpha value is -3.55. The number of hydrogen-bond donors (Lipinski definition) is 6. The number of ether oxygens (including phenoxy) is 2. The Morgan fingerprint density at radius 1 is 1.07 bits per heavy atom. The van der Waals surface area contributed by atoms with E-state index < -0.39 is 61.0 Å². The SMILES string of the molecule is C[C@H]1CN(C[C@H](Cc2ccccc2)C(=O)NCC(=O)O[C@@H]2OC(C(=O)O)[C@@H](O)C(O)C2O)CC[C@@]1(C)c1cccc(O)c1. The summed E-state index contributed by atoms with van der Waals surface area (Å²) in [4.78, 5) is 39.4. The number of aliphatic carboxylic acids is 1. The predicted octanol–water partition coefficient (Wildman–Crippen LogP) is 0.402. The molecular formula is C31H40N2O10. The first-order valence-corrected chi connectivity index (χ1v) is 14.3. The van der Waals surface area contributed by atoms with Gasteiger partial charge in [0.25, 0.3) is 0 Å². The molecule has 0 saturated carbocycles.